The molecule has 0 unspecified atom stereocenters. The van der Waals surface area contributed by atoms with Gasteiger partial charge in [-0.25, -0.2) is 0 Å². The fourth-order valence-electron chi connectivity index (χ4n) is 1.75. The Kier molecular flexibility index (Phi) is 2.38. The molecule has 3 heteroatoms. The Morgan fingerprint density at radius 2 is 2.19 bits per heavy atom. The molecule has 1 aromatic carbocycles. The van der Waals surface area contributed by atoms with Crippen LogP contribution in [0.2, 0.25) is 0 Å². The second-order valence-corrected chi connectivity index (χ2v) is 4.67. The molecule has 0 saturated heterocycles. The second-order valence-electron chi connectivity index (χ2n) is 3.72. The molecule has 0 fully saturated rings. The summed E-state index contributed by atoms with van der Waals surface area (Å²) in [7, 11) is 0. The highest BCUT2D eigenvalue weighted by molar-refractivity contribution is 7.17. The van der Waals surface area contributed by atoms with Crippen LogP contribution in [-0.2, 0) is 6.54 Å². The monoisotopic (exact) mass is 228 g/mol. The average Bonchev–Trinajstić information content (AvgIpc) is 2.97. The van der Waals surface area contributed by atoms with Gasteiger partial charge in [0.25, 0.3) is 0 Å². The van der Waals surface area contributed by atoms with Crippen LogP contribution < -0.4 is 5.32 Å². The van der Waals surface area contributed by atoms with Crippen LogP contribution in [0.15, 0.2) is 48.0 Å². The molecule has 3 aromatic rings. The molecule has 2 nitrogen and oxygen atoms in total. The van der Waals surface area contributed by atoms with Gasteiger partial charge in [0.1, 0.15) is 0 Å². The van der Waals surface area contributed by atoms with Gasteiger partial charge in [0, 0.05) is 22.3 Å². The van der Waals surface area contributed by atoms with Crippen molar-refractivity contribution in [1.29, 1.82) is 0 Å². The lowest BCUT2D eigenvalue weighted by Gasteiger charge is -2.04. The lowest BCUT2D eigenvalue weighted by molar-refractivity contribution is 1.08. The lowest BCUT2D eigenvalue weighted by atomic mass is 10.2. The van der Waals surface area contributed by atoms with Gasteiger partial charge in [-0.15, -0.1) is 11.3 Å². The molecule has 2 heterocycles. The van der Waals surface area contributed by atoms with E-state index in [1.54, 1.807) is 11.3 Å². The number of benzene rings is 1. The van der Waals surface area contributed by atoms with Crippen molar-refractivity contribution in [3.05, 3.63) is 53.7 Å². The third-order valence-corrected chi connectivity index (χ3v) is 3.50. The van der Waals surface area contributed by atoms with Crippen molar-refractivity contribution in [2.75, 3.05) is 5.32 Å². The van der Waals surface area contributed by atoms with Crippen molar-refractivity contribution < 1.29 is 0 Å². The Morgan fingerprint density at radius 1 is 1.19 bits per heavy atom. The minimum absolute atomic E-state index is 0.836. The van der Waals surface area contributed by atoms with Crippen LogP contribution >= 0.6 is 11.3 Å². The number of aromatic amines is 1. The lowest BCUT2D eigenvalue weighted by Crippen LogP contribution is -1.98. The van der Waals surface area contributed by atoms with E-state index < -0.39 is 0 Å². The van der Waals surface area contributed by atoms with Gasteiger partial charge in [0.2, 0.25) is 0 Å². The Labute approximate surface area is 97.9 Å². The van der Waals surface area contributed by atoms with Crippen molar-refractivity contribution >= 4 is 27.1 Å². The van der Waals surface area contributed by atoms with Crippen LogP contribution in [0.1, 0.15) is 5.69 Å². The highest BCUT2D eigenvalue weighted by atomic mass is 32.1. The molecule has 0 saturated carbocycles. The largest absolute Gasteiger partial charge is 0.379 e. The Balaban J connectivity index is 1.78. The minimum Gasteiger partial charge on any atom is -0.379 e. The fourth-order valence-corrected chi connectivity index (χ4v) is 2.52. The highest BCUT2D eigenvalue weighted by Gasteiger charge is 1.97. The SMILES string of the molecule is c1c[nH]c(CNc2ccc3sccc3c2)c1. The molecule has 0 spiro atoms. The topological polar surface area (TPSA) is 27.8 Å². The van der Waals surface area contributed by atoms with Gasteiger partial charge in [-0.05, 0) is 47.2 Å². The molecule has 0 amide bonds. The summed E-state index contributed by atoms with van der Waals surface area (Å²) < 4.78 is 1.34. The van der Waals surface area contributed by atoms with Crippen LogP contribution in [0.4, 0.5) is 5.69 Å². The van der Waals surface area contributed by atoms with E-state index in [1.165, 1.54) is 21.5 Å². The van der Waals surface area contributed by atoms with E-state index in [-0.39, 0.29) is 0 Å². The molecule has 0 radical (unpaired) electrons. The zero-order valence-corrected chi connectivity index (χ0v) is 9.55. The van der Waals surface area contributed by atoms with Gasteiger partial charge in [0.15, 0.2) is 0 Å². The molecule has 0 aliphatic heterocycles. The summed E-state index contributed by atoms with van der Waals surface area (Å²) in [6, 6.07) is 12.7. The van der Waals surface area contributed by atoms with Crippen molar-refractivity contribution in [2.45, 2.75) is 6.54 Å². The molecule has 0 aliphatic rings. The maximum Gasteiger partial charge on any atom is 0.0551 e. The summed E-state index contributed by atoms with van der Waals surface area (Å²) in [5, 5.41) is 6.83. The summed E-state index contributed by atoms with van der Waals surface area (Å²) >= 11 is 1.78. The Bertz CT molecular complexity index is 581. The number of hydrogen-bond donors (Lipinski definition) is 2. The van der Waals surface area contributed by atoms with Crippen LogP contribution in [-0.4, -0.2) is 4.98 Å². The summed E-state index contributed by atoms with van der Waals surface area (Å²) in [5.74, 6) is 0. The predicted octanol–water partition coefficient (Wildman–Crippen LogP) is 3.84. The molecule has 16 heavy (non-hydrogen) atoms. The third-order valence-electron chi connectivity index (χ3n) is 2.60. The highest BCUT2D eigenvalue weighted by Crippen LogP contribution is 2.24. The van der Waals surface area contributed by atoms with E-state index in [9.17, 15) is 0 Å². The van der Waals surface area contributed by atoms with Gasteiger partial charge in [0.05, 0.1) is 6.54 Å². The summed E-state index contributed by atoms with van der Waals surface area (Å²) in [6.45, 7) is 0.836. The number of nitrogens with one attached hydrogen (secondary N) is 2. The molecule has 3 rings (SSSR count). The van der Waals surface area contributed by atoms with Crippen LogP contribution in [0.5, 0.6) is 0 Å². The Morgan fingerprint density at radius 3 is 3.06 bits per heavy atom. The third kappa shape index (κ3) is 1.82. The first-order chi connectivity index (χ1) is 7.92. The number of aromatic nitrogens is 1. The van der Waals surface area contributed by atoms with E-state index in [2.05, 4.69) is 46.0 Å². The number of thiophene rings is 1. The first-order valence-corrected chi connectivity index (χ1v) is 6.13. The number of hydrogen-bond acceptors (Lipinski definition) is 2. The zero-order valence-electron chi connectivity index (χ0n) is 8.73. The zero-order chi connectivity index (χ0) is 10.8. The molecule has 0 aliphatic carbocycles. The first-order valence-electron chi connectivity index (χ1n) is 5.25. The van der Waals surface area contributed by atoms with Gasteiger partial charge >= 0.3 is 0 Å². The average molecular weight is 228 g/mol. The van der Waals surface area contributed by atoms with Crippen LogP contribution in [0, 0.1) is 0 Å². The number of fused-ring (bicyclic) bond motifs is 1. The van der Waals surface area contributed by atoms with Crippen LogP contribution in [0.3, 0.4) is 0 Å². The summed E-state index contributed by atoms with van der Waals surface area (Å²) in [5.41, 5.74) is 2.37. The number of rotatable bonds is 3. The van der Waals surface area contributed by atoms with E-state index >= 15 is 0 Å². The quantitative estimate of drug-likeness (QED) is 0.700. The number of H-pyrrole nitrogens is 1. The van der Waals surface area contributed by atoms with Crippen molar-refractivity contribution in [3.63, 3.8) is 0 Å². The van der Waals surface area contributed by atoms with Crippen LogP contribution in [0.25, 0.3) is 10.1 Å². The number of anilines is 1. The van der Waals surface area contributed by atoms with Gasteiger partial charge in [-0.3, -0.25) is 0 Å². The van der Waals surface area contributed by atoms with Gasteiger partial charge in [-0.2, -0.15) is 0 Å². The maximum atomic E-state index is 3.40. The predicted molar refractivity (Wildman–Crippen MR) is 69.9 cm³/mol. The smallest absolute Gasteiger partial charge is 0.0551 e. The first kappa shape index (κ1) is 9.48. The van der Waals surface area contributed by atoms with E-state index in [1.807, 2.05) is 12.3 Å². The molecular formula is C13H12N2S. The fraction of sp³-hybridized carbons (Fsp3) is 0.0769. The molecule has 2 N–H and O–H groups in total. The molecular weight excluding hydrogens is 216 g/mol. The maximum absolute atomic E-state index is 3.40. The van der Waals surface area contributed by atoms with E-state index in [0.717, 1.165) is 6.54 Å². The second kappa shape index (κ2) is 4.02. The van der Waals surface area contributed by atoms with E-state index in [0.29, 0.717) is 0 Å². The van der Waals surface area contributed by atoms with Gasteiger partial charge in [-0.1, -0.05) is 0 Å². The Hall–Kier alpha value is -1.74. The summed E-state index contributed by atoms with van der Waals surface area (Å²) in [6.07, 6.45) is 1.94. The molecule has 0 bridgehead atoms. The molecule has 80 valence electrons. The van der Waals surface area contributed by atoms with E-state index in [4.69, 9.17) is 0 Å². The van der Waals surface area contributed by atoms with Crippen molar-refractivity contribution in [3.8, 4) is 0 Å². The van der Waals surface area contributed by atoms with Gasteiger partial charge < -0.3 is 10.3 Å². The minimum atomic E-state index is 0.836. The molecule has 0 atom stereocenters. The van der Waals surface area contributed by atoms with Crippen molar-refractivity contribution in [1.82, 2.24) is 4.98 Å². The molecule has 2 aromatic heterocycles. The summed E-state index contributed by atoms with van der Waals surface area (Å²) in [4.78, 5) is 3.18. The standard InChI is InChI=1S/C13H12N2S/c1-2-12(14-6-1)9-15-11-3-4-13-10(8-11)5-7-16-13/h1-8,14-15H,9H2. The van der Waals surface area contributed by atoms with Crippen molar-refractivity contribution in [2.24, 2.45) is 0 Å². The normalized spacial score (nSPS) is 10.8.